The van der Waals surface area contributed by atoms with Crippen LogP contribution in [0.5, 0.6) is 0 Å². The number of halogens is 4. The highest BCUT2D eigenvalue weighted by atomic mass is 19.4. The summed E-state index contributed by atoms with van der Waals surface area (Å²) in [6.07, 6.45) is -2.77. The van der Waals surface area contributed by atoms with Crippen LogP contribution in [0.3, 0.4) is 0 Å². The number of nitrogens with zero attached hydrogens (tertiary/aromatic N) is 1. The summed E-state index contributed by atoms with van der Waals surface area (Å²) in [5.74, 6) is 0.0991. The fourth-order valence-electron chi connectivity index (χ4n) is 5.22. The van der Waals surface area contributed by atoms with Gasteiger partial charge in [-0.05, 0) is 86.0 Å². The van der Waals surface area contributed by atoms with Crippen molar-refractivity contribution < 1.29 is 22.7 Å². The molecule has 2 aromatic carbocycles. The van der Waals surface area contributed by atoms with Crippen LogP contribution in [0.15, 0.2) is 48.5 Å². The van der Waals surface area contributed by atoms with Gasteiger partial charge in [-0.1, -0.05) is 36.4 Å². The maximum Gasteiger partial charge on any atom is 0.403 e. The number of rotatable bonds is 8. The summed E-state index contributed by atoms with van der Waals surface area (Å²) in [5.41, 5.74) is 1.95. The van der Waals surface area contributed by atoms with E-state index >= 15 is 0 Å². The van der Waals surface area contributed by atoms with Gasteiger partial charge in [-0.3, -0.25) is 0 Å². The Morgan fingerprint density at radius 2 is 1.72 bits per heavy atom. The molecule has 174 valence electrons. The number of aliphatic hydroxyl groups is 1. The van der Waals surface area contributed by atoms with E-state index in [1.54, 1.807) is 12.1 Å². The minimum atomic E-state index is -4.29. The molecule has 3 aliphatic heterocycles. The highest BCUT2D eigenvalue weighted by Gasteiger charge is 2.43. The van der Waals surface area contributed by atoms with E-state index < -0.39 is 18.3 Å². The monoisotopic (exact) mass is 450 g/mol. The lowest BCUT2D eigenvalue weighted by Crippen LogP contribution is -2.52. The van der Waals surface area contributed by atoms with E-state index in [2.05, 4.69) is 10.2 Å². The van der Waals surface area contributed by atoms with Crippen LogP contribution in [-0.2, 0) is 6.42 Å². The van der Waals surface area contributed by atoms with E-state index in [9.17, 15) is 22.7 Å². The van der Waals surface area contributed by atoms with E-state index in [-0.39, 0.29) is 24.7 Å². The summed E-state index contributed by atoms with van der Waals surface area (Å²) in [4.78, 5) is 2.28. The molecule has 2 unspecified atom stereocenters. The standard InChI is InChI=1S/C25H30F4N2O/c26-21-7-5-19(6-8-21)24(32)22-4-2-1-3-18(22)9-12-30-23(25(27,28)29)15-20-16-31-13-10-17(20)11-14-31/h1-8,17,20,23-24,30,32H,9-16H2/t20-,23?,24?/m0/s1. The molecule has 7 heteroatoms. The molecule has 3 heterocycles. The molecule has 2 N–H and O–H groups in total. The van der Waals surface area contributed by atoms with Crippen LogP contribution in [0.25, 0.3) is 0 Å². The molecule has 0 aromatic heterocycles. The van der Waals surface area contributed by atoms with Crippen molar-refractivity contribution >= 4 is 0 Å². The SMILES string of the molecule is OC(c1ccc(F)cc1)c1ccccc1CCNC(C[C@H]1CN2CCC1CC2)C(F)(F)F. The molecular weight excluding hydrogens is 420 g/mol. The summed E-state index contributed by atoms with van der Waals surface area (Å²) in [6.45, 7) is 2.96. The van der Waals surface area contributed by atoms with Gasteiger partial charge < -0.3 is 15.3 Å². The van der Waals surface area contributed by atoms with Crippen molar-refractivity contribution in [1.82, 2.24) is 10.2 Å². The highest BCUT2D eigenvalue weighted by Crippen LogP contribution is 2.37. The number of aliphatic hydroxyl groups excluding tert-OH is 1. The quantitative estimate of drug-likeness (QED) is 0.573. The molecule has 5 rings (SSSR count). The predicted octanol–water partition coefficient (Wildman–Crippen LogP) is 4.70. The zero-order valence-corrected chi connectivity index (χ0v) is 18.0. The molecule has 3 saturated heterocycles. The average molecular weight is 451 g/mol. The van der Waals surface area contributed by atoms with E-state index in [4.69, 9.17) is 0 Å². The maximum atomic E-state index is 13.8. The van der Waals surface area contributed by atoms with Crippen molar-refractivity contribution in [2.24, 2.45) is 11.8 Å². The topological polar surface area (TPSA) is 35.5 Å². The Bertz CT molecular complexity index is 878. The highest BCUT2D eigenvalue weighted by molar-refractivity contribution is 5.36. The lowest BCUT2D eigenvalue weighted by atomic mass is 9.76. The minimum absolute atomic E-state index is 0.0872. The lowest BCUT2D eigenvalue weighted by Gasteiger charge is -2.46. The summed E-state index contributed by atoms with van der Waals surface area (Å²) in [6, 6.07) is 11.2. The first-order valence-corrected chi connectivity index (χ1v) is 11.3. The van der Waals surface area contributed by atoms with Crippen molar-refractivity contribution in [3.8, 4) is 0 Å². The zero-order chi connectivity index (χ0) is 22.7. The number of nitrogens with one attached hydrogen (secondary N) is 1. The van der Waals surface area contributed by atoms with Crippen molar-refractivity contribution in [1.29, 1.82) is 0 Å². The first kappa shape index (κ1) is 23.2. The number of alkyl halides is 3. The van der Waals surface area contributed by atoms with E-state index in [1.165, 1.54) is 24.3 Å². The predicted molar refractivity (Wildman–Crippen MR) is 116 cm³/mol. The molecule has 0 radical (unpaired) electrons. The average Bonchev–Trinajstić information content (AvgIpc) is 2.79. The molecule has 0 amide bonds. The Kier molecular flexibility index (Phi) is 7.17. The van der Waals surface area contributed by atoms with Gasteiger partial charge in [-0.25, -0.2) is 4.39 Å². The van der Waals surface area contributed by atoms with Gasteiger partial charge in [0.1, 0.15) is 18.0 Å². The van der Waals surface area contributed by atoms with Gasteiger partial charge in [0, 0.05) is 6.54 Å². The Balaban J connectivity index is 1.39. The second-order valence-electron chi connectivity index (χ2n) is 9.09. The van der Waals surface area contributed by atoms with Crippen molar-refractivity contribution in [2.75, 3.05) is 26.2 Å². The Morgan fingerprint density at radius 3 is 2.34 bits per heavy atom. The molecule has 32 heavy (non-hydrogen) atoms. The molecule has 3 atom stereocenters. The summed E-state index contributed by atoms with van der Waals surface area (Å²) < 4.78 is 54.5. The zero-order valence-electron chi connectivity index (χ0n) is 18.0. The number of fused-ring (bicyclic) bond motifs is 3. The molecule has 0 aliphatic carbocycles. The van der Waals surface area contributed by atoms with Crippen LogP contribution in [0.4, 0.5) is 17.6 Å². The van der Waals surface area contributed by atoms with E-state index in [1.807, 2.05) is 12.1 Å². The second-order valence-corrected chi connectivity index (χ2v) is 9.09. The maximum absolute atomic E-state index is 13.8. The Labute approximate surface area is 186 Å². The van der Waals surface area contributed by atoms with Gasteiger partial charge in [0.2, 0.25) is 0 Å². The fourth-order valence-corrected chi connectivity index (χ4v) is 5.22. The van der Waals surface area contributed by atoms with Gasteiger partial charge in [0.05, 0.1) is 0 Å². The summed E-state index contributed by atoms with van der Waals surface area (Å²) in [7, 11) is 0. The molecule has 0 saturated carbocycles. The van der Waals surface area contributed by atoms with E-state index in [0.717, 1.165) is 38.0 Å². The Morgan fingerprint density at radius 1 is 1.03 bits per heavy atom. The molecular formula is C25H30F4N2O. The first-order valence-electron chi connectivity index (χ1n) is 11.3. The number of piperidine rings is 3. The number of hydrogen-bond acceptors (Lipinski definition) is 3. The smallest absolute Gasteiger partial charge is 0.384 e. The van der Waals surface area contributed by atoms with Crippen LogP contribution < -0.4 is 5.32 Å². The van der Waals surface area contributed by atoms with Crippen molar-refractivity contribution in [3.63, 3.8) is 0 Å². The van der Waals surface area contributed by atoms with Gasteiger partial charge >= 0.3 is 6.18 Å². The van der Waals surface area contributed by atoms with Gasteiger partial charge in [-0.2, -0.15) is 13.2 Å². The molecule has 2 bridgehead atoms. The third-order valence-electron chi connectivity index (χ3n) is 7.05. The van der Waals surface area contributed by atoms with Crippen molar-refractivity contribution in [3.05, 3.63) is 71.0 Å². The lowest BCUT2D eigenvalue weighted by molar-refractivity contribution is -0.163. The minimum Gasteiger partial charge on any atom is -0.384 e. The van der Waals surface area contributed by atoms with Gasteiger partial charge in [-0.15, -0.1) is 0 Å². The molecule has 0 spiro atoms. The van der Waals surface area contributed by atoms with Crippen molar-refractivity contribution in [2.45, 2.75) is 44.0 Å². The van der Waals surface area contributed by atoms with Gasteiger partial charge in [0.25, 0.3) is 0 Å². The van der Waals surface area contributed by atoms with Gasteiger partial charge in [0.15, 0.2) is 0 Å². The summed E-state index contributed by atoms with van der Waals surface area (Å²) >= 11 is 0. The number of benzene rings is 2. The van der Waals surface area contributed by atoms with Crippen LogP contribution in [0.1, 0.15) is 42.1 Å². The Hall–Kier alpha value is -1.96. The first-order chi connectivity index (χ1) is 15.3. The second kappa shape index (κ2) is 9.89. The molecule has 3 nitrogen and oxygen atoms in total. The third kappa shape index (κ3) is 5.50. The number of hydrogen-bond donors (Lipinski definition) is 2. The van der Waals surface area contributed by atoms with Crippen LogP contribution in [0, 0.1) is 17.7 Å². The molecule has 2 aromatic rings. The molecule has 3 aliphatic rings. The summed E-state index contributed by atoms with van der Waals surface area (Å²) in [5, 5.41) is 13.5. The third-order valence-corrected chi connectivity index (χ3v) is 7.05. The van der Waals surface area contributed by atoms with Crippen LogP contribution in [-0.4, -0.2) is 48.4 Å². The van der Waals surface area contributed by atoms with Crippen LogP contribution >= 0.6 is 0 Å². The van der Waals surface area contributed by atoms with E-state index in [0.29, 0.717) is 23.5 Å². The normalized spacial score (nSPS) is 25.0. The molecule has 3 fully saturated rings. The largest absolute Gasteiger partial charge is 0.403 e. The fraction of sp³-hybridized carbons (Fsp3) is 0.520. The van der Waals surface area contributed by atoms with Crippen LogP contribution in [0.2, 0.25) is 0 Å².